The summed E-state index contributed by atoms with van der Waals surface area (Å²) in [6.07, 6.45) is 5.99. The minimum absolute atomic E-state index is 0.0161. The van der Waals surface area contributed by atoms with Crippen LogP contribution in [-0.4, -0.2) is 85.4 Å². The number of methoxy groups -OCH3 is 2. The Hall–Kier alpha value is -4.32. The number of aliphatic imine (C=N–C) groups is 2. The van der Waals surface area contributed by atoms with Crippen LogP contribution >= 0.6 is 0 Å². The van der Waals surface area contributed by atoms with Gasteiger partial charge in [0.05, 0.1) is 26.1 Å². The lowest BCUT2D eigenvalue weighted by molar-refractivity contribution is -0.130. The van der Waals surface area contributed by atoms with Crippen LogP contribution in [0.3, 0.4) is 0 Å². The van der Waals surface area contributed by atoms with Crippen molar-refractivity contribution in [3.05, 3.63) is 48.0 Å². The number of anilines is 2. The molecule has 0 saturated carbocycles. The van der Waals surface area contributed by atoms with E-state index in [1.54, 1.807) is 34.1 Å². The first-order valence-corrected chi connectivity index (χ1v) is 12.1. The van der Waals surface area contributed by atoms with Crippen LogP contribution in [0.15, 0.2) is 46.6 Å². The van der Waals surface area contributed by atoms with Crippen LogP contribution < -0.4 is 19.7 Å². The number of nitrogens with one attached hydrogen (secondary N) is 1. The van der Waals surface area contributed by atoms with Gasteiger partial charge in [0.2, 0.25) is 5.91 Å². The molecule has 11 nitrogen and oxygen atoms in total. The summed E-state index contributed by atoms with van der Waals surface area (Å²) >= 11 is 0. The molecule has 0 aliphatic carbocycles. The Kier molecular flexibility index (Phi) is 8.64. The molecule has 4 rings (SSSR count). The van der Waals surface area contributed by atoms with E-state index in [2.05, 4.69) is 32.1 Å². The van der Waals surface area contributed by atoms with Gasteiger partial charge in [-0.2, -0.15) is 5.10 Å². The Labute approximate surface area is 220 Å². The number of nitrogens with zero attached hydrogens (tertiary/aromatic N) is 7. The Balaban J connectivity index is 1.70. The molecule has 1 aliphatic heterocycles. The van der Waals surface area contributed by atoms with Crippen LogP contribution in [0.1, 0.15) is 5.56 Å². The minimum atomic E-state index is -0.644. The van der Waals surface area contributed by atoms with Gasteiger partial charge in [-0.25, -0.2) is 14.4 Å². The van der Waals surface area contributed by atoms with Crippen molar-refractivity contribution in [2.75, 3.05) is 51.8 Å². The lowest BCUT2D eigenvalue weighted by atomic mass is 10.2. The molecule has 1 aliphatic rings. The third-order valence-corrected chi connectivity index (χ3v) is 6.08. The molecule has 0 radical (unpaired) electrons. The summed E-state index contributed by atoms with van der Waals surface area (Å²) in [7, 11) is 4.69. The van der Waals surface area contributed by atoms with Gasteiger partial charge in [0.1, 0.15) is 23.8 Å². The van der Waals surface area contributed by atoms with Crippen molar-refractivity contribution < 1.29 is 18.7 Å². The van der Waals surface area contributed by atoms with E-state index in [1.807, 2.05) is 13.2 Å². The van der Waals surface area contributed by atoms with Crippen molar-refractivity contribution in [3.8, 4) is 11.5 Å². The average Bonchev–Trinajstić information content (AvgIpc) is 3.37. The van der Waals surface area contributed by atoms with Crippen LogP contribution in [0.5, 0.6) is 11.5 Å². The smallest absolute Gasteiger partial charge is 0.242 e. The molecule has 1 N–H and O–H groups in total. The van der Waals surface area contributed by atoms with Gasteiger partial charge in [0, 0.05) is 64.2 Å². The number of piperazine rings is 1. The Bertz CT molecular complexity index is 1320. The zero-order valence-corrected chi connectivity index (χ0v) is 21.7. The highest BCUT2D eigenvalue weighted by atomic mass is 19.1. The molecule has 200 valence electrons. The van der Waals surface area contributed by atoms with Gasteiger partial charge in [0.15, 0.2) is 17.4 Å². The van der Waals surface area contributed by atoms with E-state index in [9.17, 15) is 4.79 Å². The van der Waals surface area contributed by atoms with Crippen LogP contribution in [0, 0.1) is 5.82 Å². The van der Waals surface area contributed by atoms with Crippen LogP contribution in [0.2, 0.25) is 0 Å². The second-order valence-electron chi connectivity index (χ2n) is 8.59. The SMILES string of the molecule is C=Nc1nc(N(CC(=O)N2CCNCC2)c2cc(OC)cc(OC)c2F)ccc1/N=C\Cc1cnn(C)c1. The Morgan fingerprint density at radius 1 is 1.26 bits per heavy atom. The molecule has 1 fully saturated rings. The highest BCUT2D eigenvalue weighted by Gasteiger charge is 2.26. The maximum Gasteiger partial charge on any atom is 0.242 e. The number of hydrogen-bond acceptors (Lipinski definition) is 9. The molecule has 0 unspecified atom stereocenters. The molecule has 3 aromatic rings. The van der Waals surface area contributed by atoms with Gasteiger partial charge in [0.25, 0.3) is 0 Å². The van der Waals surface area contributed by atoms with Gasteiger partial charge >= 0.3 is 0 Å². The fraction of sp³-hybridized carbons (Fsp3) is 0.346. The minimum Gasteiger partial charge on any atom is -0.497 e. The molecule has 1 saturated heterocycles. The number of halogens is 1. The number of rotatable bonds is 10. The van der Waals surface area contributed by atoms with Crippen molar-refractivity contribution in [2.45, 2.75) is 6.42 Å². The molecule has 2 aromatic heterocycles. The number of ether oxygens (including phenoxy) is 2. The van der Waals surface area contributed by atoms with Crippen molar-refractivity contribution in [1.82, 2.24) is 25.0 Å². The zero-order valence-electron chi connectivity index (χ0n) is 21.7. The third-order valence-electron chi connectivity index (χ3n) is 6.08. The molecule has 3 heterocycles. The van der Waals surface area contributed by atoms with Crippen LogP contribution in [-0.2, 0) is 18.3 Å². The standard InChI is InChI=1S/C26H31FN8O3/c1-28-26-20(30-8-7-18-15-31-33(2)16-18)5-6-23(32-26)35(17-24(36)34-11-9-29-10-12-34)21-13-19(37-3)14-22(38-4)25(21)27/h5-6,8,13-16,29H,1,7,9-12,17H2,2-4H3/b30-8-. The van der Waals surface area contributed by atoms with Crippen LogP contribution in [0.4, 0.5) is 27.4 Å². The number of carbonyl (C=O) groups is 1. The molecule has 0 spiro atoms. The molecular weight excluding hydrogens is 491 g/mol. The zero-order chi connectivity index (χ0) is 27.1. The number of aryl methyl sites for hydroxylation is 1. The fourth-order valence-corrected chi connectivity index (χ4v) is 4.09. The Morgan fingerprint density at radius 3 is 2.71 bits per heavy atom. The fourth-order valence-electron chi connectivity index (χ4n) is 4.09. The molecule has 12 heteroatoms. The lowest BCUT2D eigenvalue weighted by Crippen LogP contribution is -2.49. The summed E-state index contributed by atoms with van der Waals surface area (Å²) in [4.78, 5) is 29.6. The predicted octanol–water partition coefficient (Wildman–Crippen LogP) is 2.82. The van der Waals surface area contributed by atoms with E-state index < -0.39 is 5.82 Å². The highest BCUT2D eigenvalue weighted by Crippen LogP contribution is 2.38. The molecule has 0 atom stereocenters. The van der Waals surface area contributed by atoms with Crippen molar-refractivity contribution in [3.63, 3.8) is 0 Å². The number of benzene rings is 1. The summed E-state index contributed by atoms with van der Waals surface area (Å²) in [6.45, 7) is 5.99. The van der Waals surface area contributed by atoms with E-state index in [0.29, 0.717) is 49.9 Å². The van der Waals surface area contributed by atoms with Crippen molar-refractivity contribution in [1.29, 1.82) is 0 Å². The average molecular weight is 523 g/mol. The number of amides is 1. The van der Waals surface area contributed by atoms with E-state index in [4.69, 9.17) is 9.47 Å². The van der Waals surface area contributed by atoms with Gasteiger partial charge in [-0.15, -0.1) is 0 Å². The molecular formula is C26H31FN8O3. The summed E-state index contributed by atoms with van der Waals surface area (Å²) in [5.74, 6) is 0.0985. The predicted molar refractivity (Wildman–Crippen MR) is 144 cm³/mol. The summed E-state index contributed by atoms with van der Waals surface area (Å²) in [6, 6.07) is 6.33. The Morgan fingerprint density at radius 2 is 2.05 bits per heavy atom. The largest absolute Gasteiger partial charge is 0.497 e. The monoisotopic (exact) mass is 522 g/mol. The van der Waals surface area contributed by atoms with Gasteiger partial charge in [-0.05, 0) is 24.4 Å². The van der Waals surface area contributed by atoms with E-state index >= 15 is 4.39 Å². The number of hydrogen-bond donors (Lipinski definition) is 1. The van der Waals surface area contributed by atoms with Gasteiger partial charge in [-0.3, -0.25) is 14.5 Å². The number of carbonyl (C=O) groups excluding carboxylic acids is 1. The maximum atomic E-state index is 15.6. The van der Waals surface area contributed by atoms with E-state index in [-0.39, 0.29) is 29.7 Å². The van der Waals surface area contributed by atoms with Crippen molar-refractivity contribution in [2.24, 2.45) is 17.0 Å². The summed E-state index contributed by atoms with van der Waals surface area (Å²) in [5.41, 5.74) is 1.58. The highest BCUT2D eigenvalue weighted by molar-refractivity contribution is 5.85. The maximum absolute atomic E-state index is 15.6. The molecule has 1 amide bonds. The normalized spacial score (nSPS) is 13.5. The first-order valence-electron chi connectivity index (χ1n) is 12.1. The third kappa shape index (κ3) is 6.14. The first kappa shape index (κ1) is 26.7. The van der Waals surface area contributed by atoms with E-state index in [0.717, 1.165) is 5.56 Å². The van der Waals surface area contributed by atoms with E-state index in [1.165, 1.54) is 31.3 Å². The molecule has 1 aromatic carbocycles. The first-order chi connectivity index (χ1) is 18.4. The lowest BCUT2D eigenvalue weighted by Gasteiger charge is -2.31. The number of aromatic nitrogens is 3. The summed E-state index contributed by atoms with van der Waals surface area (Å²) in [5, 5.41) is 7.38. The second-order valence-corrected chi connectivity index (χ2v) is 8.59. The van der Waals surface area contributed by atoms with Crippen molar-refractivity contribution >= 4 is 41.8 Å². The van der Waals surface area contributed by atoms with Gasteiger partial charge < -0.3 is 24.6 Å². The van der Waals surface area contributed by atoms with Gasteiger partial charge in [-0.1, -0.05) is 0 Å². The number of pyridine rings is 1. The molecule has 0 bridgehead atoms. The molecule has 38 heavy (non-hydrogen) atoms. The van der Waals surface area contributed by atoms with Crippen LogP contribution in [0.25, 0.3) is 0 Å². The quantitative estimate of drug-likeness (QED) is 0.408. The summed E-state index contributed by atoms with van der Waals surface area (Å²) < 4.78 is 27.9. The topological polar surface area (TPSA) is 109 Å². The second kappa shape index (κ2) is 12.3.